The molecule has 1 aliphatic carbocycles. The Balaban J connectivity index is 2.29. The van der Waals surface area contributed by atoms with Gasteiger partial charge in [0.25, 0.3) is 0 Å². The summed E-state index contributed by atoms with van der Waals surface area (Å²) in [6.07, 6.45) is 6.68. The summed E-state index contributed by atoms with van der Waals surface area (Å²) in [6, 6.07) is 0. The van der Waals surface area contributed by atoms with E-state index in [9.17, 15) is 0 Å². The van der Waals surface area contributed by atoms with Crippen molar-refractivity contribution in [1.29, 1.82) is 0 Å². The SMILES string of the molecule is CCC1CCCC1(N)c1nccs1. The van der Waals surface area contributed by atoms with Gasteiger partial charge in [-0.3, -0.25) is 0 Å². The molecule has 0 bridgehead atoms. The van der Waals surface area contributed by atoms with Gasteiger partial charge >= 0.3 is 0 Å². The van der Waals surface area contributed by atoms with Crippen LogP contribution in [0.15, 0.2) is 11.6 Å². The van der Waals surface area contributed by atoms with Crippen LogP contribution in [0.4, 0.5) is 0 Å². The molecule has 1 aliphatic rings. The van der Waals surface area contributed by atoms with Crippen LogP contribution < -0.4 is 5.73 Å². The Labute approximate surface area is 83.2 Å². The second-order valence-electron chi connectivity index (χ2n) is 3.88. The Bertz CT molecular complexity index is 270. The van der Waals surface area contributed by atoms with Crippen LogP contribution in [0.1, 0.15) is 37.6 Å². The van der Waals surface area contributed by atoms with Crippen LogP contribution in [-0.4, -0.2) is 4.98 Å². The van der Waals surface area contributed by atoms with Crippen LogP contribution in [0, 0.1) is 5.92 Å². The Morgan fingerprint density at radius 3 is 3.23 bits per heavy atom. The highest BCUT2D eigenvalue weighted by Gasteiger charge is 2.41. The van der Waals surface area contributed by atoms with Crippen molar-refractivity contribution in [2.45, 2.75) is 38.1 Å². The summed E-state index contributed by atoms with van der Waals surface area (Å²) in [5, 5.41) is 3.16. The maximum absolute atomic E-state index is 6.43. The summed E-state index contributed by atoms with van der Waals surface area (Å²) < 4.78 is 0. The molecule has 0 spiro atoms. The van der Waals surface area contributed by atoms with Crippen LogP contribution in [0.5, 0.6) is 0 Å². The highest BCUT2D eigenvalue weighted by atomic mass is 32.1. The summed E-state index contributed by atoms with van der Waals surface area (Å²) in [7, 11) is 0. The van der Waals surface area contributed by atoms with E-state index in [1.54, 1.807) is 11.3 Å². The van der Waals surface area contributed by atoms with Crippen molar-refractivity contribution in [3.05, 3.63) is 16.6 Å². The molecule has 0 amide bonds. The fourth-order valence-corrected chi connectivity index (χ4v) is 3.27. The third-order valence-electron chi connectivity index (χ3n) is 3.19. The number of rotatable bonds is 2. The van der Waals surface area contributed by atoms with E-state index in [0.29, 0.717) is 5.92 Å². The number of aromatic nitrogens is 1. The van der Waals surface area contributed by atoms with Crippen LogP contribution in [0.25, 0.3) is 0 Å². The van der Waals surface area contributed by atoms with Gasteiger partial charge in [-0.1, -0.05) is 19.8 Å². The summed E-state index contributed by atoms with van der Waals surface area (Å²) in [5.74, 6) is 0.638. The molecule has 0 aliphatic heterocycles. The van der Waals surface area contributed by atoms with E-state index in [0.717, 1.165) is 11.4 Å². The first kappa shape index (κ1) is 9.16. The molecule has 0 radical (unpaired) electrons. The Morgan fingerprint density at radius 2 is 2.62 bits per heavy atom. The van der Waals surface area contributed by atoms with E-state index in [1.165, 1.54) is 19.3 Å². The smallest absolute Gasteiger partial charge is 0.113 e. The molecule has 72 valence electrons. The summed E-state index contributed by atoms with van der Waals surface area (Å²) >= 11 is 1.70. The molecule has 2 nitrogen and oxygen atoms in total. The monoisotopic (exact) mass is 196 g/mol. The molecule has 1 fully saturated rings. The largest absolute Gasteiger partial charge is 0.319 e. The van der Waals surface area contributed by atoms with Gasteiger partial charge in [0, 0.05) is 11.6 Å². The van der Waals surface area contributed by atoms with Crippen molar-refractivity contribution in [2.24, 2.45) is 11.7 Å². The minimum Gasteiger partial charge on any atom is -0.319 e. The molecule has 3 heteroatoms. The van der Waals surface area contributed by atoms with E-state index in [1.807, 2.05) is 11.6 Å². The van der Waals surface area contributed by atoms with Crippen molar-refractivity contribution >= 4 is 11.3 Å². The zero-order chi connectivity index (χ0) is 9.31. The number of nitrogens with two attached hydrogens (primary N) is 1. The summed E-state index contributed by atoms with van der Waals surface area (Å²) in [4.78, 5) is 4.36. The van der Waals surface area contributed by atoms with Crippen molar-refractivity contribution < 1.29 is 0 Å². The molecule has 1 aromatic rings. The Hall–Kier alpha value is -0.410. The van der Waals surface area contributed by atoms with Gasteiger partial charge in [-0.05, 0) is 18.8 Å². The van der Waals surface area contributed by atoms with Crippen LogP contribution in [-0.2, 0) is 5.54 Å². The standard InChI is InChI=1S/C10H16N2S/c1-2-8-4-3-5-10(8,11)9-12-6-7-13-9/h6-8H,2-5,11H2,1H3. The zero-order valence-electron chi connectivity index (χ0n) is 7.99. The molecule has 2 rings (SSSR count). The predicted octanol–water partition coefficient (Wildman–Crippen LogP) is 2.51. The van der Waals surface area contributed by atoms with Gasteiger partial charge in [0.2, 0.25) is 0 Å². The van der Waals surface area contributed by atoms with E-state index >= 15 is 0 Å². The van der Waals surface area contributed by atoms with Crippen molar-refractivity contribution in [3.63, 3.8) is 0 Å². The molecule has 2 unspecified atom stereocenters. The van der Waals surface area contributed by atoms with Gasteiger partial charge in [-0.2, -0.15) is 0 Å². The topological polar surface area (TPSA) is 38.9 Å². The molecule has 1 aromatic heterocycles. The molecule has 1 saturated carbocycles. The third-order valence-corrected chi connectivity index (χ3v) is 4.16. The normalized spacial score (nSPS) is 33.8. The van der Waals surface area contributed by atoms with Gasteiger partial charge in [-0.25, -0.2) is 4.98 Å². The lowest BCUT2D eigenvalue weighted by Gasteiger charge is -2.28. The van der Waals surface area contributed by atoms with Gasteiger partial charge < -0.3 is 5.73 Å². The van der Waals surface area contributed by atoms with Crippen LogP contribution in [0.3, 0.4) is 0 Å². The Kier molecular flexibility index (Phi) is 2.39. The minimum atomic E-state index is -0.108. The second-order valence-corrected chi connectivity index (χ2v) is 4.77. The molecular weight excluding hydrogens is 180 g/mol. The van der Waals surface area contributed by atoms with E-state index in [2.05, 4.69) is 11.9 Å². The lowest BCUT2D eigenvalue weighted by molar-refractivity contribution is 0.314. The van der Waals surface area contributed by atoms with Crippen molar-refractivity contribution in [1.82, 2.24) is 4.98 Å². The van der Waals surface area contributed by atoms with Crippen LogP contribution >= 0.6 is 11.3 Å². The van der Waals surface area contributed by atoms with Crippen LogP contribution in [0.2, 0.25) is 0 Å². The maximum atomic E-state index is 6.43. The first-order chi connectivity index (χ1) is 6.27. The zero-order valence-corrected chi connectivity index (χ0v) is 8.81. The Morgan fingerprint density at radius 1 is 1.77 bits per heavy atom. The predicted molar refractivity (Wildman–Crippen MR) is 55.6 cm³/mol. The fraction of sp³-hybridized carbons (Fsp3) is 0.700. The van der Waals surface area contributed by atoms with Crippen molar-refractivity contribution in [2.75, 3.05) is 0 Å². The minimum absolute atomic E-state index is 0.108. The number of nitrogens with zero attached hydrogens (tertiary/aromatic N) is 1. The quantitative estimate of drug-likeness (QED) is 0.789. The number of hydrogen-bond acceptors (Lipinski definition) is 3. The first-order valence-electron chi connectivity index (χ1n) is 4.96. The van der Waals surface area contributed by atoms with E-state index in [-0.39, 0.29) is 5.54 Å². The number of thiazole rings is 1. The van der Waals surface area contributed by atoms with E-state index in [4.69, 9.17) is 5.73 Å². The van der Waals surface area contributed by atoms with Gasteiger partial charge in [0.1, 0.15) is 5.01 Å². The molecule has 0 saturated heterocycles. The fourth-order valence-electron chi connectivity index (χ4n) is 2.41. The van der Waals surface area contributed by atoms with Gasteiger partial charge in [0.05, 0.1) is 5.54 Å². The molecule has 1 heterocycles. The molecule has 0 aromatic carbocycles. The van der Waals surface area contributed by atoms with Crippen molar-refractivity contribution in [3.8, 4) is 0 Å². The average molecular weight is 196 g/mol. The molecule has 13 heavy (non-hydrogen) atoms. The highest BCUT2D eigenvalue weighted by Crippen LogP contribution is 2.43. The summed E-state index contributed by atoms with van der Waals surface area (Å²) in [6.45, 7) is 2.23. The lowest BCUT2D eigenvalue weighted by atomic mass is 9.87. The molecule has 2 N–H and O–H groups in total. The highest BCUT2D eigenvalue weighted by molar-refractivity contribution is 7.09. The molecule has 2 atom stereocenters. The maximum Gasteiger partial charge on any atom is 0.113 e. The van der Waals surface area contributed by atoms with E-state index < -0.39 is 0 Å². The number of hydrogen-bond donors (Lipinski definition) is 1. The third kappa shape index (κ3) is 1.40. The lowest BCUT2D eigenvalue weighted by Crippen LogP contribution is -2.39. The molecular formula is C10H16N2S. The second kappa shape index (κ2) is 3.39. The summed E-state index contributed by atoms with van der Waals surface area (Å²) in [5.41, 5.74) is 6.32. The average Bonchev–Trinajstić information content (AvgIpc) is 2.72. The van der Waals surface area contributed by atoms with Gasteiger partial charge in [0.15, 0.2) is 0 Å². The van der Waals surface area contributed by atoms with Gasteiger partial charge in [-0.15, -0.1) is 11.3 Å². The first-order valence-corrected chi connectivity index (χ1v) is 5.84.